The monoisotopic (exact) mass is 381 g/mol. The fourth-order valence-electron chi connectivity index (χ4n) is 4.26. The van der Waals surface area contributed by atoms with Crippen molar-refractivity contribution in [2.75, 3.05) is 0 Å². The number of amides is 1. The molecule has 0 aromatic heterocycles. The lowest BCUT2D eigenvalue weighted by atomic mass is 9.74. The van der Waals surface area contributed by atoms with Gasteiger partial charge in [0.25, 0.3) is 0 Å². The standard InChI is InChI=1S/C23H27NO4/c1-22(2)15-17(20(25)27-18-11-7-5-8-12-18)16-23(3,4)24(22)21(26)28-19-13-9-6-10-14-19/h5-14,17H,15-16H2,1-4H3. The van der Waals surface area contributed by atoms with Crippen LogP contribution in [0, 0.1) is 5.92 Å². The number of para-hydroxylation sites is 2. The minimum absolute atomic E-state index is 0.261. The van der Waals surface area contributed by atoms with Gasteiger partial charge in [0.2, 0.25) is 0 Å². The van der Waals surface area contributed by atoms with E-state index < -0.39 is 17.2 Å². The number of carbonyl (C=O) groups is 2. The van der Waals surface area contributed by atoms with Crippen LogP contribution in [0.3, 0.4) is 0 Å². The summed E-state index contributed by atoms with van der Waals surface area (Å²) in [5.74, 6) is 0.480. The number of rotatable bonds is 3. The van der Waals surface area contributed by atoms with Crippen molar-refractivity contribution in [2.45, 2.75) is 51.6 Å². The molecule has 1 aliphatic heterocycles. The number of carbonyl (C=O) groups excluding carboxylic acids is 2. The van der Waals surface area contributed by atoms with E-state index in [4.69, 9.17) is 9.47 Å². The fraction of sp³-hybridized carbons (Fsp3) is 0.391. The first-order valence-electron chi connectivity index (χ1n) is 9.53. The molecule has 1 amide bonds. The maximum Gasteiger partial charge on any atom is 0.416 e. The number of hydrogen-bond acceptors (Lipinski definition) is 4. The molecular weight excluding hydrogens is 354 g/mol. The normalized spacial score (nSPS) is 18.4. The first-order chi connectivity index (χ1) is 13.2. The van der Waals surface area contributed by atoms with Gasteiger partial charge in [-0.05, 0) is 64.8 Å². The van der Waals surface area contributed by atoms with E-state index in [1.165, 1.54) is 0 Å². The molecule has 0 bridgehead atoms. The molecular formula is C23H27NO4. The summed E-state index contributed by atoms with van der Waals surface area (Å²) in [6.45, 7) is 7.85. The Kier molecular flexibility index (Phi) is 5.45. The Hall–Kier alpha value is -2.82. The maximum atomic E-state index is 13.0. The Balaban J connectivity index is 1.75. The van der Waals surface area contributed by atoms with Crippen LogP contribution in [0.5, 0.6) is 11.5 Å². The zero-order valence-electron chi connectivity index (χ0n) is 16.8. The molecule has 0 atom stereocenters. The number of hydrogen-bond donors (Lipinski definition) is 0. The van der Waals surface area contributed by atoms with Crippen LogP contribution in [0.4, 0.5) is 4.79 Å². The van der Waals surface area contributed by atoms with Crippen molar-refractivity contribution in [1.29, 1.82) is 0 Å². The summed E-state index contributed by atoms with van der Waals surface area (Å²) in [6.07, 6.45) is 0.605. The number of likely N-dealkylation sites (tertiary alicyclic amines) is 1. The Labute approximate surface area is 166 Å². The van der Waals surface area contributed by atoms with Crippen molar-refractivity contribution >= 4 is 12.1 Å². The molecule has 0 radical (unpaired) electrons. The largest absolute Gasteiger partial charge is 0.426 e. The van der Waals surface area contributed by atoms with E-state index in [0.29, 0.717) is 24.3 Å². The van der Waals surface area contributed by atoms with Crippen LogP contribution in [0.2, 0.25) is 0 Å². The van der Waals surface area contributed by atoms with E-state index in [2.05, 4.69) is 0 Å². The summed E-state index contributed by atoms with van der Waals surface area (Å²) in [6, 6.07) is 18.1. The average molecular weight is 381 g/mol. The van der Waals surface area contributed by atoms with Gasteiger partial charge in [-0.15, -0.1) is 0 Å². The minimum atomic E-state index is -0.562. The molecule has 0 saturated carbocycles. The molecule has 0 spiro atoms. The second kappa shape index (κ2) is 7.66. The molecule has 1 fully saturated rings. The number of ether oxygens (including phenoxy) is 2. The Bertz CT molecular complexity index is 812. The Morgan fingerprint density at radius 3 is 1.68 bits per heavy atom. The molecule has 2 aromatic rings. The summed E-state index contributed by atoms with van der Waals surface area (Å²) >= 11 is 0. The average Bonchev–Trinajstić information content (AvgIpc) is 2.61. The lowest BCUT2D eigenvalue weighted by molar-refractivity contribution is -0.145. The van der Waals surface area contributed by atoms with Gasteiger partial charge in [0.1, 0.15) is 11.5 Å². The highest BCUT2D eigenvalue weighted by Crippen LogP contribution is 2.42. The quantitative estimate of drug-likeness (QED) is 0.551. The van der Waals surface area contributed by atoms with Crippen molar-refractivity contribution in [3.05, 3.63) is 60.7 Å². The lowest BCUT2D eigenvalue weighted by Crippen LogP contribution is -2.64. The van der Waals surface area contributed by atoms with E-state index >= 15 is 0 Å². The number of nitrogens with zero attached hydrogens (tertiary/aromatic N) is 1. The van der Waals surface area contributed by atoms with Gasteiger partial charge in [-0.2, -0.15) is 0 Å². The highest BCUT2D eigenvalue weighted by Gasteiger charge is 2.51. The van der Waals surface area contributed by atoms with E-state index in [1.54, 1.807) is 29.2 Å². The van der Waals surface area contributed by atoms with Crippen LogP contribution < -0.4 is 9.47 Å². The molecule has 1 heterocycles. The number of benzene rings is 2. The van der Waals surface area contributed by atoms with Crippen molar-refractivity contribution in [1.82, 2.24) is 4.90 Å². The molecule has 28 heavy (non-hydrogen) atoms. The van der Waals surface area contributed by atoms with Crippen LogP contribution in [0.15, 0.2) is 60.7 Å². The molecule has 1 saturated heterocycles. The van der Waals surface area contributed by atoms with Crippen molar-refractivity contribution in [3.8, 4) is 11.5 Å². The second-order valence-corrected chi connectivity index (χ2v) is 8.48. The summed E-state index contributed by atoms with van der Waals surface area (Å²) in [5, 5.41) is 0. The van der Waals surface area contributed by atoms with Gasteiger partial charge in [0.15, 0.2) is 0 Å². The van der Waals surface area contributed by atoms with Crippen LogP contribution in [0.25, 0.3) is 0 Å². The van der Waals surface area contributed by atoms with Gasteiger partial charge < -0.3 is 9.47 Å². The fourth-order valence-corrected chi connectivity index (χ4v) is 4.26. The zero-order chi connectivity index (χ0) is 20.4. The molecule has 2 aromatic carbocycles. The van der Waals surface area contributed by atoms with Gasteiger partial charge in [-0.25, -0.2) is 4.79 Å². The summed E-state index contributed by atoms with van der Waals surface area (Å²) < 4.78 is 11.1. The molecule has 5 nitrogen and oxygen atoms in total. The molecule has 5 heteroatoms. The minimum Gasteiger partial charge on any atom is -0.426 e. The third-order valence-corrected chi connectivity index (χ3v) is 5.13. The topological polar surface area (TPSA) is 55.8 Å². The second-order valence-electron chi connectivity index (χ2n) is 8.48. The molecule has 0 N–H and O–H groups in total. The molecule has 0 unspecified atom stereocenters. The van der Waals surface area contributed by atoms with Crippen molar-refractivity contribution < 1.29 is 19.1 Å². The summed E-state index contributed by atoms with van der Waals surface area (Å²) in [4.78, 5) is 27.5. The van der Waals surface area contributed by atoms with Gasteiger partial charge >= 0.3 is 12.1 Å². The smallest absolute Gasteiger partial charge is 0.416 e. The van der Waals surface area contributed by atoms with Crippen LogP contribution in [-0.2, 0) is 4.79 Å². The van der Waals surface area contributed by atoms with E-state index in [-0.39, 0.29) is 11.9 Å². The van der Waals surface area contributed by atoms with Crippen LogP contribution in [-0.4, -0.2) is 28.0 Å². The Morgan fingerprint density at radius 2 is 1.21 bits per heavy atom. The predicted octanol–water partition coefficient (Wildman–Crippen LogP) is 5.06. The summed E-state index contributed by atoms with van der Waals surface area (Å²) in [5.41, 5.74) is -1.12. The summed E-state index contributed by atoms with van der Waals surface area (Å²) in [7, 11) is 0. The molecule has 3 rings (SSSR count). The third kappa shape index (κ3) is 4.35. The highest BCUT2D eigenvalue weighted by molar-refractivity contribution is 5.77. The maximum absolute atomic E-state index is 13.0. The Morgan fingerprint density at radius 1 is 0.786 bits per heavy atom. The zero-order valence-corrected chi connectivity index (χ0v) is 16.8. The van der Waals surface area contributed by atoms with Crippen molar-refractivity contribution in [3.63, 3.8) is 0 Å². The van der Waals surface area contributed by atoms with Crippen LogP contribution >= 0.6 is 0 Å². The molecule has 0 aliphatic carbocycles. The van der Waals surface area contributed by atoms with E-state index in [9.17, 15) is 9.59 Å². The van der Waals surface area contributed by atoms with Gasteiger partial charge in [0.05, 0.1) is 5.92 Å². The SMILES string of the molecule is CC1(C)CC(C(=O)Oc2ccccc2)CC(C)(C)N1C(=O)Oc1ccccc1. The van der Waals surface area contributed by atoms with Crippen LogP contribution in [0.1, 0.15) is 40.5 Å². The lowest BCUT2D eigenvalue weighted by Gasteiger charge is -2.53. The first-order valence-corrected chi connectivity index (χ1v) is 9.53. The molecule has 1 aliphatic rings. The van der Waals surface area contributed by atoms with Crippen molar-refractivity contribution in [2.24, 2.45) is 5.92 Å². The number of esters is 1. The van der Waals surface area contributed by atoms with Gasteiger partial charge in [-0.1, -0.05) is 36.4 Å². The first kappa shape index (κ1) is 19.9. The van der Waals surface area contributed by atoms with Gasteiger partial charge in [-0.3, -0.25) is 9.69 Å². The van der Waals surface area contributed by atoms with E-state index in [1.807, 2.05) is 64.1 Å². The van der Waals surface area contributed by atoms with E-state index in [0.717, 1.165) is 0 Å². The van der Waals surface area contributed by atoms with Gasteiger partial charge in [0, 0.05) is 11.1 Å². The number of piperidine rings is 1. The third-order valence-electron chi connectivity index (χ3n) is 5.13. The highest BCUT2D eigenvalue weighted by atomic mass is 16.6. The predicted molar refractivity (Wildman–Crippen MR) is 107 cm³/mol. The molecule has 148 valence electrons.